The third-order valence-corrected chi connectivity index (χ3v) is 2.99. The topological polar surface area (TPSA) is 62.1 Å². The van der Waals surface area contributed by atoms with Gasteiger partial charge in [-0.15, -0.1) is 0 Å². The van der Waals surface area contributed by atoms with Gasteiger partial charge in [-0.3, -0.25) is 4.79 Å². The highest BCUT2D eigenvalue weighted by Crippen LogP contribution is 2.18. The summed E-state index contributed by atoms with van der Waals surface area (Å²) in [5, 5.41) is 0. The van der Waals surface area contributed by atoms with Gasteiger partial charge in [-0.25, -0.2) is 0 Å². The van der Waals surface area contributed by atoms with Gasteiger partial charge < -0.3 is 15.6 Å². The molecule has 1 saturated heterocycles. The maximum atomic E-state index is 12.1. The second-order valence-corrected chi connectivity index (χ2v) is 3.97. The number of hydrogen-bond donors (Lipinski definition) is 2. The van der Waals surface area contributed by atoms with Crippen LogP contribution in [0.25, 0.3) is 0 Å². The summed E-state index contributed by atoms with van der Waals surface area (Å²) in [6.07, 6.45) is 5.07. The van der Waals surface area contributed by atoms with Crippen LogP contribution in [-0.4, -0.2) is 34.9 Å². The number of nitrogens with zero attached hydrogens (tertiary/aromatic N) is 1. The van der Waals surface area contributed by atoms with E-state index >= 15 is 0 Å². The van der Waals surface area contributed by atoms with Crippen molar-refractivity contribution in [3.8, 4) is 0 Å². The van der Waals surface area contributed by atoms with Crippen LogP contribution in [0.15, 0.2) is 18.3 Å². The van der Waals surface area contributed by atoms with E-state index in [1.165, 1.54) is 6.42 Å². The number of rotatable bonds is 2. The van der Waals surface area contributed by atoms with Gasteiger partial charge in [-0.1, -0.05) is 0 Å². The Labute approximate surface area is 89.5 Å². The number of carbonyl (C=O) groups is 1. The van der Waals surface area contributed by atoms with E-state index in [2.05, 4.69) is 4.98 Å². The molecule has 4 nitrogen and oxygen atoms in total. The molecule has 2 rings (SSSR count). The van der Waals surface area contributed by atoms with Gasteiger partial charge in [0.1, 0.15) is 5.69 Å². The van der Waals surface area contributed by atoms with Gasteiger partial charge in [-0.2, -0.15) is 0 Å². The molecule has 1 unspecified atom stereocenters. The fourth-order valence-corrected chi connectivity index (χ4v) is 2.13. The second kappa shape index (κ2) is 4.49. The van der Waals surface area contributed by atoms with E-state index in [4.69, 9.17) is 5.73 Å². The predicted molar refractivity (Wildman–Crippen MR) is 58.5 cm³/mol. The second-order valence-electron chi connectivity index (χ2n) is 3.97. The number of likely N-dealkylation sites (tertiary alicyclic amines) is 1. The van der Waals surface area contributed by atoms with E-state index in [-0.39, 0.29) is 11.9 Å². The molecule has 1 amide bonds. The number of nitrogens with two attached hydrogens (primary N) is 1. The van der Waals surface area contributed by atoms with Crippen LogP contribution in [-0.2, 0) is 0 Å². The van der Waals surface area contributed by atoms with Crippen molar-refractivity contribution in [2.75, 3.05) is 13.1 Å². The molecule has 1 aromatic rings. The number of aromatic amines is 1. The van der Waals surface area contributed by atoms with Crippen molar-refractivity contribution in [1.82, 2.24) is 9.88 Å². The molecule has 0 saturated carbocycles. The van der Waals surface area contributed by atoms with Crippen LogP contribution < -0.4 is 5.73 Å². The Balaban J connectivity index is 2.11. The average molecular weight is 207 g/mol. The van der Waals surface area contributed by atoms with Crippen molar-refractivity contribution in [2.45, 2.75) is 25.3 Å². The Hall–Kier alpha value is -1.29. The fourth-order valence-electron chi connectivity index (χ4n) is 2.13. The molecule has 0 aliphatic carbocycles. The molecule has 0 bridgehead atoms. The van der Waals surface area contributed by atoms with Crippen LogP contribution in [0.1, 0.15) is 29.8 Å². The molecule has 1 atom stereocenters. The Kier molecular flexibility index (Phi) is 3.06. The monoisotopic (exact) mass is 207 g/mol. The Morgan fingerprint density at radius 3 is 3.13 bits per heavy atom. The van der Waals surface area contributed by atoms with Crippen LogP contribution in [0.4, 0.5) is 0 Å². The summed E-state index contributed by atoms with van der Waals surface area (Å²) in [5.74, 6) is 0.0788. The standard InChI is InChI=1S/C11H17N3O/c12-8-9-4-1-2-7-14(9)11(15)10-5-3-6-13-10/h3,5-6,9,13H,1-2,4,7-8,12H2. The first kappa shape index (κ1) is 10.2. The molecule has 82 valence electrons. The molecule has 0 aromatic carbocycles. The molecule has 0 spiro atoms. The summed E-state index contributed by atoms with van der Waals surface area (Å²) in [4.78, 5) is 16.9. The van der Waals surface area contributed by atoms with Crippen molar-refractivity contribution >= 4 is 5.91 Å². The smallest absolute Gasteiger partial charge is 0.270 e. The van der Waals surface area contributed by atoms with Crippen LogP contribution in [0.3, 0.4) is 0 Å². The normalized spacial score (nSPS) is 21.7. The van der Waals surface area contributed by atoms with Crippen LogP contribution in [0, 0.1) is 0 Å². The highest BCUT2D eigenvalue weighted by atomic mass is 16.2. The van der Waals surface area contributed by atoms with Crippen molar-refractivity contribution in [3.05, 3.63) is 24.0 Å². The Morgan fingerprint density at radius 1 is 1.60 bits per heavy atom. The van der Waals surface area contributed by atoms with Crippen LogP contribution in [0.2, 0.25) is 0 Å². The minimum absolute atomic E-state index is 0.0788. The number of aromatic nitrogens is 1. The van der Waals surface area contributed by atoms with Gasteiger partial charge in [0.25, 0.3) is 5.91 Å². The minimum Gasteiger partial charge on any atom is -0.357 e. The molecule has 1 aliphatic rings. The lowest BCUT2D eigenvalue weighted by Crippen LogP contribution is -2.47. The quantitative estimate of drug-likeness (QED) is 0.759. The lowest BCUT2D eigenvalue weighted by molar-refractivity contribution is 0.0618. The first-order chi connectivity index (χ1) is 7.33. The molecule has 4 heteroatoms. The Morgan fingerprint density at radius 2 is 2.47 bits per heavy atom. The lowest BCUT2D eigenvalue weighted by Gasteiger charge is -2.34. The number of amides is 1. The highest BCUT2D eigenvalue weighted by molar-refractivity contribution is 5.92. The summed E-state index contributed by atoms with van der Waals surface area (Å²) < 4.78 is 0. The number of hydrogen-bond acceptors (Lipinski definition) is 2. The van der Waals surface area contributed by atoms with Gasteiger partial charge in [-0.05, 0) is 31.4 Å². The zero-order chi connectivity index (χ0) is 10.7. The van der Waals surface area contributed by atoms with Crippen molar-refractivity contribution in [3.63, 3.8) is 0 Å². The summed E-state index contributed by atoms with van der Waals surface area (Å²) in [6, 6.07) is 3.87. The molecule has 0 radical (unpaired) electrons. The minimum atomic E-state index is 0.0788. The third-order valence-electron chi connectivity index (χ3n) is 2.99. The van der Waals surface area contributed by atoms with Gasteiger partial charge in [0.15, 0.2) is 0 Å². The number of nitrogens with one attached hydrogen (secondary N) is 1. The van der Waals surface area contributed by atoms with Crippen molar-refractivity contribution in [2.24, 2.45) is 5.73 Å². The van der Waals surface area contributed by atoms with Crippen molar-refractivity contribution in [1.29, 1.82) is 0 Å². The summed E-state index contributed by atoms with van der Waals surface area (Å²) in [5.41, 5.74) is 6.34. The zero-order valence-corrected chi connectivity index (χ0v) is 8.78. The van der Waals surface area contributed by atoms with Crippen LogP contribution in [0.5, 0.6) is 0 Å². The first-order valence-electron chi connectivity index (χ1n) is 5.47. The average Bonchev–Trinajstić information content (AvgIpc) is 2.81. The van der Waals surface area contributed by atoms with E-state index < -0.39 is 0 Å². The maximum Gasteiger partial charge on any atom is 0.270 e. The molecule has 1 aliphatic heterocycles. The van der Waals surface area contributed by atoms with Gasteiger partial charge in [0, 0.05) is 25.3 Å². The maximum absolute atomic E-state index is 12.1. The summed E-state index contributed by atoms with van der Waals surface area (Å²) >= 11 is 0. The van der Waals surface area contributed by atoms with Gasteiger partial charge in [0.05, 0.1) is 0 Å². The highest BCUT2D eigenvalue weighted by Gasteiger charge is 2.26. The lowest BCUT2D eigenvalue weighted by atomic mass is 10.0. The molecular weight excluding hydrogens is 190 g/mol. The predicted octanol–water partition coefficient (Wildman–Crippen LogP) is 0.968. The number of carbonyl (C=O) groups excluding carboxylic acids is 1. The first-order valence-corrected chi connectivity index (χ1v) is 5.47. The third kappa shape index (κ3) is 2.04. The van der Waals surface area contributed by atoms with Crippen molar-refractivity contribution < 1.29 is 4.79 Å². The van der Waals surface area contributed by atoms with E-state index in [1.54, 1.807) is 6.20 Å². The van der Waals surface area contributed by atoms with E-state index in [0.717, 1.165) is 19.4 Å². The Bertz CT molecular complexity index is 321. The number of H-pyrrole nitrogens is 1. The molecular formula is C11H17N3O. The summed E-state index contributed by atoms with van der Waals surface area (Å²) in [6.45, 7) is 1.40. The SMILES string of the molecule is NCC1CCCCN1C(=O)c1ccc[nH]1. The van der Waals surface area contributed by atoms with Crippen LogP contribution >= 0.6 is 0 Å². The van der Waals surface area contributed by atoms with Gasteiger partial charge >= 0.3 is 0 Å². The molecule has 3 N–H and O–H groups in total. The molecule has 1 fully saturated rings. The molecule has 1 aromatic heterocycles. The van der Waals surface area contributed by atoms with E-state index in [9.17, 15) is 4.79 Å². The van der Waals surface area contributed by atoms with E-state index in [1.807, 2.05) is 17.0 Å². The van der Waals surface area contributed by atoms with E-state index in [0.29, 0.717) is 12.2 Å². The molecule has 2 heterocycles. The van der Waals surface area contributed by atoms with Gasteiger partial charge in [0.2, 0.25) is 0 Å². The number of piperidine rings is 1. The summed E-state index contributed by atoms with van der Waals surface area (Å²) in [7, 11) is 0. The molecule has 15 heavy (non-hydrogen) atoms. The largest absolute Gasteiger partial charge is 0.357 e. The zero-order valence-electron chi connectivity index (χ0n) is 8.78. The fraction of sp³-hybridized carbons (Fsp3) is 0.545.